The highest BCUT2D eigenvalue weighted by molar-refractivity contribution is 4.68. The van der Waals surface area contributed by atoms with E-state index in [0.717, 1.165) is 6.42 Å². The molecule has 0 fully saturated rings. The Kier molecular flexibility index (Phi) is 10.4. The van der Waals surface area contributed by atoms with Gasteiger partial charge in [-0.15, -0.1) is 0 Å². The molecule has 0 aromatic heterocycles. The van der Waals surface area contributed by atoms with Gasteiger partial charge in [-0.1, -0.05) is 59.3 Å². The second-order valence-corrected chi connectivity index (χ2v) is 4.75. The Bertz CT molecular complexity index is 117. The molecule has 0 amide bonds. The molecule has 0 aliphatic carbocycles. The van der Waals surface area contributed by atoms with Crippen molar-refractivity contribution in [2.24, 2.45) is 5.92 Å². The summed E-state index contributed by atoms with van der Waals surface area (Å²) >= 11 is 0. The predicted octanol–water partition coefficient (Wildman–Crippen LogP) is 4.53. The van der Waals surface area contributed by atoms with E-state index in [1.165, 1.54) is 51.4 Å². The van der Waals surface area contributed by atoms with Crippen LogP contribution in [-0.4, -0.2) is 11.2 Å². The van der Waals surface area contributed by atoms with E-state index in [0.29, 0.717) is 5.92 Å². The van der Waals surface area contributed by atoms with Gasteiger partial charge >= 0.3 is 0 Å². The van der Waals surface area contributed by atoms with Crippen LogP contribution in [0.3, 0.4) is 0 Å². The van der Waals surface area contributed by atoms with Crippen LogP contribution < -0.4 is 0 Å². The lowest BCUT2D eigenvalue weighted by Crippen LogP contribution is -2.20. The van der Waals surface area contributed by atoms with Crippen LogP contribution in [0.2, 0.25) is 0 Å². The maximum absolute atomic E-state index is 10.1. The minimum Gasteiger partial charge on any atom is -0.393 e. The van der Waals surface area contributed by atoms with Crippen LogP contribution in [0.4, 0.5) is 0 Å². The predicted molar refractivity (Wildman–Crippen MR) is 68.1 cm³/mol. The lowest BCUT2D eigenvalue weighted by atomic mass is 9.89. The van der Waals surface area contributed by atoms with Gasteiger partial charge in [-0.3, -0.25) is 0 Å². The van der Waals surface area contributed by atoms with Crippen LogP contribution in [0.15, 0.2) is 0 Å². The minimum absolute atomic E-state index is 0.0400. The van der Waals surface area contributed by atoms with Crippen molar-refractivity contribution in [1.82, 2.24) is 0 Å². The number of hydrogen-bond acceptors (Lipinski definition) is 1. The van der Waals surface area contributed by atoms with Gasteiger partial charge in [0.2, 0.25) is 0 Å². The molecule has 0 aromatic carbocycles. The molecule has 1 unspecified atom stereocenters. The van der Waals surface area contributed by atoms with Gasteiger partial charge in [-0.05, 0) is 25.2 Å². The Labute approximate surface area is 96.3 Å². The molecule has 0 spiro atoms. The molecule has 15 heavy (non-hydrogen) atoms. The average molecular weight is 214 g/mol. The number of unbranched alkanes of at least 4 members (excludes halogenated alkanes) is 3. The van der Waals surface area contributed by atoms with Crippen molar-refractivity contribution in [3.8, 4) is 0 Å². The van der Waals surface area contributed by atoms with E-state index in [4.69, 9.17) is 0 Å². The largest absolute Gasteiger partial charge is 0.393 e. The zero-order chi connectivity index (χ0) is 11.5. The first kappa shape index (κ1) is 15.0. The van der Waals surface area contributed by atoms with E-state index in [1.54, 1.807) is 0 Å². The zero-order valence-electron chi connectivity index (χ0n) is 11.0. The number of rotatable bonds is 10. The van der Waals surface area contributed by atoms with Crippen molar-refractivity contribution in [3.63, 3.8) is 0 Å². The van der Waals surface area contributed by atoms with Crippen molar-refractivity contribution in [1.29, 1.82) is 0 Å². The van der Waals surface area contributed by atoms with Crippen molar-refractivity contribution >= 4 is 0 Å². The lowest BCUT2D eigenvalue weighted by molar-refractivity contribution is 0.0853. The van der Waals surface area contributed by atoms with E-state index in [-0.39, 0.29) is 6.10 Å². The maximum atomic E-state index is 10.1. The minimum atomic E-state index is -0.0400. The second-order valence-electron chi connectivity index (χ2n) is 4.75. The van der Waals surface area contributed by atoms with Crippen LogP contribution in [0.1, 0.15) is 78.6 Å². The molecule has 1 heteroatoms. The summed E-state index contributed by atoms with van der Waals surface area (Å²) in [7, 11) is 0. The molecule has 0 heterocycles. The van der Waals surface area contributed by atoms with Gasteiger partial charge in [0, 0.05) is 0 Å². The molecule has 0 rings (SSSR count). The van der Waals surface area contributed by atoms with Gasteiger partial charge in [-0.2, -0.15) is 0 Å². The van der Waals surface area contributed by atoms with Crippen molar-refractivity contribution in [3.05, 3.63) is 0 Å². The monoisotopic (exact) mass is 214 g/mol. The molecule has 0 aliphatic rings. The smallest absolute Gasteiger partial charge is 0.0568 e. The van der Waals surface area contributed by atoms with E-state index < -0.39 is 0 Å². The van der Waals surface area contributed by atoms with Crippen LogP contribution >= 0.6 is 0 Å². The standard InChI is InChI=1S/C14H30O/c1-4-7-8-9-12-14(15)13(10-5-2)11-6-3/h13-15H,4-12H2,1-3H3. The second kappa shape index (κ2) is 10.5. The molecular formula is C14H30O. The lowest BCUT2D eigenvalue weighted by Gasteiger charge is -2.22. The van der Waals surface area contributed by atoms with Crippen LogP contribution in [0, 0.1) is 5.92 Å². The summed E-state index contributed by atoms with van der Waals surface area (Å²) in [5.41, 5.74) is 0. The Hall–Kier alpha value is -0.0400. The first-order chi connectivity index (χ1) is 7.26. The van der Waals surface area contributed by atoms with E-state index >= 15 is 0 Å². The van der Waals surface area contributed by atoms with Crippen LogP contribution in [-0.2, 0) is 0 Å². The molecule has 1 N–H and O–H groups in total. The highest BCUT2D eigenvalue weighted by Crippen LogP contribution is 2.21. The third-order valence-corrected chi connectivity index (χ3v) is 3.22. The molecule has 1 nitrogen and oxygen atoms in total. The molecule has 92 valence electrons. The van der Waals surface area contributed by atoms with Crippen molar-refractivity contribution in [2.45, 2.75) is 84.7 Å². The topological polar surface area (TPSA) is 20.2 Å². The number of aliphatic hydroxyl groups excluding tert-OH is 1. The summed E-state index contributed by atoms with van der Waals surface area (Å²) in [6.45, 7) is 6.66. The quantitative estimate of drug-likeness (QED) is 0.530. The van der Waals surface area contributed by atoms with E-state index in [2.05, 4.69) is 20.8 Å². The highest BCUT2D eigenvalue weighted by Gasteiger charge is 2.16. The Morgan fingerprint density at radius 2 is 1.33 bits per heavy atom. The SMILES string of the molecule is CCCCCCC(O)C(CCC)CCC. The molecule has 0 saturated carbocycles. The Morgan fingerprint density at radius 1 is 0.733 bits per heavy atom. The van der Waals surface area contributed by atoms with Gasteiger partial charge in [0.1, 0.15) is 0 Å². The van der Waals surface area contributed by atoms with E-state index in [1.807, 2.05) is 0 Å². The van der Waals surface area contributed by atoms with Gasteiger partial charge in [-0.25, -0.2) is 0 Å². The molecule has 0 radical (unpaired) electrons. The summed E-state index contributed by atoms with van der Waals surface area (Å²) in [5.74, 6) is 0.557. The molecule has 0 saturated heterocycles. The average Bonchev–Trinajstić information content (AvgIpc) is 2.24. The van der Waals surface area contributed by atoms with E-state index in [9.17, 15) is 5.11 Å². The van der Waals surface area contributed by atoms with Crippen LogP contribution in [0.25, 0.3) is 0 Å². The van der Waals surface area contributed by atoms with Gasteiger partial charge < -0.3 is 5.11 Å². The van der Waals surface area contributed by atoms with Crippen LogP contribution in [0.5, 0.6) is 0 Å². The molecular weight excluding hydrogens is 184 g/mol. The third kappa shape index (κ3) is 7.84. The summed E-state index contributed by atoms with van der Waals surface area (Å²) in [4.78, 5) is 0. The number of aliphatic hydroxyl groups is 1. The molecule has 0 aromatic rings. The summed E-state index contributed by atoms with van der Waals surface area (Å²) in [6.07, 6.45) is 10.9. The Balaban J connectivity index is 3.65. The maximum Gasteiger partial charge on any atom is 0.0568 e. The fourth-order valence-electron chi connectivity index (χ4n) is 2.29. The summed E-state index contributed by atoms with van der Waals surface area (Å²) in [6, 6.07) is 0. The third-order valence-electron chi connectivity index (χ3n) is 3.22. The fourth-order valence-corrected chi connectivity index (χ4v) is 2.29. The molecule has 1 atom stereocenters. The summed E-state index contributed by atoms with van der Waals surface area (Å²) in [5, 5.41) is 10.1. The first-order valence-electron chi connectivity index (χ1n) is 6.94. The van der Waals surface area contributed by atoms with Crippen molar-refractivity contribution < 1.29 is 5.11 Å². The van der Waals surface area contributed by atoms with Crippen molar-refractivity contribution in [2.75, 3.05) is 0 Å². The fraction of sp³-hybridized carbons (Fsp3) is 1.00. The Morgan fingerprint density at radius 3 is 1.80 bits per heavy atom. The van der Waals surface area contributed by atoms with Gasteiger partial charge in [0.15, 0.2) is 0 Å². The highest BCUT2D eigenvalue weighted by atomic mass is 16.3. The zero-order valence-corrected chi connectivity index (χ0v) is 11.0. The van der Waals surface area contributed by atoms with Gasteiger partial charge in [0.25, 0.3) is 0 Å². The molecule has 0 bridgehead atoms. The first-order valence-corrected chi connectivity index (χ1v) is 6.94. The number of hydrogen-bond donors (Lipinski definition) is 1. The summed E-state index contributed by atoms with van der Waals surface area (Å²) < 4.78 is 0. The van der Waals surface area contributed by atoms with Gasteiger partial charge in [0.05, 0.1) is 6.10 Å². The normalized spacial score (nSPS) is 13.4. The molecule has 0 aliphatic heterocycles.